The summed E-state index contributed by atoms with van der Waals surface area (Å²) in [6.07, 6.45) is 0. The van der Waals surface area contributed by atoms with Gasteiger partial charge in [-0.1, -0.05) is 24.3 Å². The molecule has 0 saturated carbocycles. The summed E-state index contributed by atoms with van der Waals surface area (Å²) < 4.78 is 0. The fourth-order valence-electron chi connectivity index (χ4n) is 2.38. The quantitative estimate of drug-likeness (QED) is 0.632. The van der Waals surface area contributed by atoms with Crippen molar-refractivity contribution in [2.75, 3.05) is 13.1 Å². The van der Waals surface area contributed by atoms with Gasteiger partial charge in [0.1, 0.15) is 0 Å². The number of carbonyl (C=O) groups excluding carboxylic acids is 2. The van der Waals surface area contributed by atoms with Crippen LogP contribution in [0.2, 0.25) is 0 Å². The van der Waals surface area contributed by atoms with Crippen LogP contribution < -0.4 is 17.2 Å². The lowest BCUT2D eigenvalue weighted by molar-refractivity contribution is -0.123. The Morgan fingerprint density at radius 1 is 1.15 bits per heavy atom. The topological polar surface area (TPSA) is 115 Å². The Morgan fingerprint density at radius 3 is 2.05 bits per heavy atom. The number of benzene rings is 1. The van der Waals surface area contributed by atoms with Gasteiger partial charge in [0.25, 0.3) is 0 Å². The highest BCUT2D eigenvalue weighted by molar-refractivity contribution is 5.79. The lowest BCUT2D eigenvalue weighted by Gasteiger charge is -2.33. The summed E-state index contributed by atoms with van der Waals surface area (Å²) in [4.78, 5) is 24.1. The van der Waals surface area contributed by atoms with Gasteiger partial charge in [-0.15, -0.1) is 0 Å². The molecule has 0 heterocycles. The zero-order valence-electron chi connectivity index (χ0n) is 11.9. The lowest BCUT2D eigenvalue weighted by atomic mass is 9.95. The first-order valence-corrected chi connectivity index (χ1v) is 6.44. The highest BCUT2D eigenvalue weighted by atomic mass is 16.2. The molecule has 0 aliphatic carbocycles. The predicted molar refractivity (Wildman–Crippen MR) is 77.5 cm³/mol. The van der Waals surface area contributed by atoms with E-state index in [2.05, 4.69) is 0 Å². The minimum absolute atomic E-state index is 0.0660. The third-order valence-electron chi connectivity index (χ3n) is 3.12. The molecule has 0 bridgehead atoms. The average molecular weight is 278 g/mol. The average Bonchev–Trinajstić information content (AvgIpc) is 2.29. The van der Waals surface area contributed by atoms with Crippen LogP contribution >= 0.6 is 0 Å². The third kappa shape index (κ3) is 4.32. The second-order valence-corrected chi connectivity index (χ2v) is 5.00. The Bertz CT molecular complexity index is 472. The molecule has 0 radical (unpaired) electrons. The number of rotatable bonds is 7. The number of primary amides is 2. The molecule has 1 aromatic carbocycles. The lowest BCUT2D eigenvalue weighted by Crippen LogP contribution is -2.47. The number of aryl methyl sites for hydroxylation is 1. The van der Waals surface area contributed by atoms with Crippen LogP contribution in [0.25, 0.3) is 0 Å². The van der Waals surface area contributed by atoms with Gasteiger partial charge in [0.05, 0.1) is 19.1 Å². The van der Waals surface area contributed by atoms with E-state index in [1.54, 1.807) is 4.90 Å². The fraction of sp³-hybridized carbons (Fsp3) is 0.429. The molecule has 110 valence electrons. The van der Waals surface area contributed by atoms with E-state index >= 15 is 0 Å². The maximum atomic E-state index is 11.2. The maximum Gasteiger partial charge on any atom is 0.231 e. The molecule has 0 aliphatic heterocycles. The molecule has 0 saturated heterocycles. The number of nitrogens with two attached hydrogens (primary N) is 3. The van der Waals surface area contributed by atoms with Crippen LogP contribution in [0.1, 0.15) is 24.1 Å². The zero-order valence-corrected chi connectivity index (χ0v) is 11.9. The van der Waals surface area contributed by atoms with E-state index in [1.807, 2.05) is 38.1 Å². The Labute approximate surface area is 118 Å². The summed E-state index contributed by atoms with van der Waals surface area (Å²) in [5, 5.41) is 0. The van der Waals surface area contributed by atoms with Gasteiger partial charge in [0, 0.05) is 6.04 Å². The molecule has 0 aliphatic rings. The maximum absolute atomic E-state index is 11.2. The summed E-state index contributed by atoms with van der Waals surface area (Å²) in [5.74, 6) is -1.05. The summed E-state index contributed by atoms with van der Waals surface area (Å²) in [6.45, 7) is 3.65. The molecule has 0 fully saturated rings. The van der Waals surface area contributed by atoms with Gasteiger partial charge in [-0.3, -0.25) is 14.5 Å². The summed E-state index contributed by atoms with van der Waals surface area (Å²) in [5.41, 5.74) is 18.5. The van der Waals surface area contributed by atoms with Crippen LogP contribution in [0.15, 0.2) is 24.3 Å². The number of carbonyl (C=O) groups is 2. The molecule has 2 amide bonds. The normalized spacial score (nSPS) is 14.0. The fourth-order valence-corrected chi connectivity index (χ4v) is 2.38. The first kappa shape index (κ1) is 16.1. The van der Waals surface area contributed by atoms with Gasteiger partial charge >= 0.3 is 0 Å². The summed E-state index contributed by atoms with van der Waals surface area (Å²) in [6, 6.07) is 7.12. The van der Waals surface area contributed by atoms with Crippen LogP contribution in [-0.4, -0.2) is 35.8 Å². The van der Waals surface area contributed by atoms with Crippen molar-refractivity contribution < 1.29 is 9.59 Å². The van der Waals surface area contributed by atoms with Gasteiger partial charge in [0.2, 0.25) is 11.8 Å². The van der Waals surface area contributed by atoms with Crippen molar-refractivity contribution in [2.45, 2.75) is 25.9 Å². The molecule has 1 aromatic rings. The van der Waals surface area contributed by atoms with Crippen molar-refractivity contribution in [3.05, 3.63) is 35.4 Å². The molecule has 0 aromatic heterocycles. The highest BCUT2D eigenvalue weighted by Gasteiger charge is 2.27. The van der Waals surface area contributed by atoms with E-state index < -0.39 is 11.8 Å². The van der Waals surface area contributed by atoms with Crippen molar-refractivity contribution >= 4 is 11.8 Å². The van der Waals surface area contributed by atoms with Crippen molar-refractivity contribution in [1.29, 1.82) is 0 Å². The van der Waals surface area contributed by atoms with Crippen molar-refractivity contribution in [1.82, 2.24) is 4.90 Å². The molecular formula is C14H22N4O2. The van der Waals surface area contributed by atoms with E-state index in [-0.39, 0.29) is 25.2 Å². The van der Waals surface area contributed by atoms with Crippen LogP contribution in [0.5, 0.6) is 0 Å². The van der Waals surface area contributed by atoms with Crippen molar-refractivity contribution in [3.63, 3.8) is 0 Å². The Hall–Kier alpha value is -1.92. The molecule has 6 heteroatoms. The van der Waals surface area contributed by atoms with E-state index in [0.29, 0.717) is 0 Å². The molecule has 2 unspecified atom stereocenters. The Balaban J connectivity index is 3.17. The van der Waals surface area contributed by atoms with E-state index in [4.69, 9.17) is 17.2 Å². The Kier molecular flexibility index (Phi) is 5.66. The second-order valence-electron chi connectivity index (χ2n) is 5.00. The molecular weight excluding hydrogens is 256 g/mol. The Morgan fingerprint density at radius 2 is 1.65 bits per heavy atom. The number of nitrogens with zero attached hydrogens (tertiary/aromatic N) is 1. The van der Waals surface area contributed by atoms with E-state index in [1.165, 1.54) is 0 Å². The second kappa shape index (κ2) is 7.02. The van der Waals surface area contributed by atoms with E-state index in [0.717, 1.165) is 11.1 Å². The van der Waals surface area contributed by atoms with E-state index in [9.17, 15) is 9.59 Å². The SMILES string of the molecule is Cc1ccccc1C(C(C)N)N(CC(N)=O)CC(N)=O. The number of hydrogen-bond acceptors (Lipinski definition) is 4. The van der Waals surface area contributed by atoms with Gasteiger partial charge in [-0.05, 0) is 25.0 Å². The first-order chi connectivity index (χ1) is 9.32. The highest BCUT2D eigenvalue weighted by Crippen LogP contribution is 2.25. The van der Waals surface area contributed by atoms with Crippen LogP contribution in [0, 0.1) is 6.92 Å². The van der Waals surface area contributed by atoms with Gasteiger partial charge in [-0.2, -0.15) is 0 Å². The van der Waals surface area contributed by atoms with Crippen LogP contribution in [0.4, 0.5) is 0 Å². The summed E-state index contributed by atoms with van der Waals surface area (Å²) in [7, 11) is 0. The molecule has 6 nitrogen and oxygen atoms in total. The number of amides is 2. The monoisotopic (exact) mass is 278 g/mol. The molecule has 0 spiro atoms. The molecule has 1 rings (SSSR count). The number of hydrogen-bond donors (Lipinski definition) is 3. The van der Waals surface area contributed by atoms with Gasteiger partial charge in [0.15, 0.2) is 0 Å². The predicted octanol–water partition coefficient (Wildman–Crippen LogP) is -0.344. The van der Waals surface area contributed by atoms with Crippen molar-refractivity contribution in [2.24, 2.45) is 17.2 Å². The minimum atomic E-state index is -0.523. The zero-order chi connectivity index (χ0) is 15.3. The van der Waals surface area contributed by atoms with Gasteiger partial charge < -0.3 is 17.2 Å². The molecule has 2 atom stereocenters. The largest absolute Gasteiger partial charge is 0.369 e. The summed E-state index contributed by atoms with van der Waals surface area (Å²) >= 11 is 0. The third-order valence-corrected chi connectivity index (χ3v) is 3.12. The van der Waals surface area contributed by atoms with Crippen molar-refractivity contribution in [3.8, 4) is 0 Å². The van der Waals surface area contributed by atoms with Crippen LogP contribution in [0.3, 0.4) is 0 Å². The smallest absolute Gasteiger partial charge is 0.231 e. The molecule has 20 heavy (non-hydrogen) atoms. The minimum Gasteiger partial charge on any atom is -0.369 e. The first-order valence-electron chi connectivity index (χ1n) is 6.44. The molecule has 6 N–H and O–H groups in total. The van der Waals surface area contributed by atoms with Gasteiger partial charge in [-0.25, -0.2) is 0 Å². The standard InChI is InChI=1S/C14H22N4O2/c1-9-5-3-4-6-11(9)14(10(2)15)18(7-12(16)19)8-13(17)20/h3-6,10,14H,7-8,15H2,1-2H3,(H2,16,19)(H2,17,20). The van der Waals surface area contributed by atoms with Crippen LogP contribution in [-0.2, 0) is 9.59 Å².